The molecule has 1 saturated heterocycles. The van der Waals surface area contributed by atoms with E-state index in [2.05, 4.69) is 14.7 Å². The number of rotatable bonds is 6. The molecular weight excluding hydrogens is 416 g/mol. The number of aromatic nitrogens is 5. The van der Waals surface area contributed by atoms with E-state index in [-0.39, 0.29) is 6.10 Å². The molecule has 0 aliphatic carbocycles. The first-order valence-electron chi connectivity index (χ1n) is 10.0. The predicted octanol–water partition coefficient (Wildman–Crippen LogP) is 3.89. The molecule has 9 nitrogen and oxygen atoms in total. The van der Waals surface area contributed by atoms with Gasteiger partial charge in [-0.25, -0.2) is 4.98 Å². The zero-order valence-electron chi connectivity index (χ0n) is 17.2. The molecule has 0 atom stereocenters. The smallest absolute Gasteiger partial charge is 0.244 e. The topological polar surface area (TPSA) is 96.2 Å². The fourth-order valence-electron chi connectivity index (χ4n) is 3.50. The molecule has 0 radical (unpaired) electrons. The molecule has 1 fully saturated rings. The highest BCUT2D eigenvalue weighted by Crippen LogP contribution is 2.32. The van der Waals surface area contributed by atoms with Gasteiger partial charge in [0.05, 0.1) is 49.6 Å². The lowest BCUT2D eigenvalue weighted by Gasteiger charge is -2.23. The average Bonchev–Trinajstić information content (AvgIpc) is 3.40. The number of methoxy groups -OCH3 is 1. The molecule has 0 spiro atoms. The molecule has 1 aliphatic heterocycles. The van der Waals surface area contributed by atoms with Gasteiger partial charge in [0.15, 0.2) is 0 Å². The van der Waals surface area contributed by atoms with Gasteiger partial charge in [0, 0.05) is 25.1 Å². The lowest BCUT2D eigenvalue weighted by molar-refractivity contribution is 0.0243. The lowest BCUT2D eigenvalue weighted by atomic mass is 10.1. The van der Waals surface area contributed by atoms with Gasteiger partial charge >= 0.3 is 0 Å². The Morgan fingerprint density at radius 1 is 1.19 bits per heavy atom. The van der Waals surface area contributed by atoms with Crippen LogP contribution in [0.15, 0.2) is 36.8 Å². The zero-order valence-corrected chi connectivity index (χ0v) is 18.1. The molecule has 1 N–H and O–H groups in total. The number of ether oxygens (including phenoxy) is 3. The van der Waals surface area contributed by atoms with Crippen molar-refractivity contribution in [2.45, 2.75) is 25.9 Å². The highest BCUT2D eigenvalue weighted by Gasteiger charge is 2.21. The van der Waals surface area contributed by atoms with Crippen molar-refractivity contribution in [1.29, 1.82) is 0 Å². The predicted molar refractivity (Wildman–Crippen MR) is 118 cm³/mol. The SMILES string of the molecule is COc1cncc(-n2ccc3nc(Nc4cc(C)ns4)nc(OC4CCOCC4)c32)c1. The number of hydrogen-bond donors (Lipinski definition) is 1. The molecule has 4 aromatic rings. The highest BCUT2D eigenvalue weighted by molar-refractivity contribution is 7.10. The first-order chi connectivity index (χ1) is 15.2. The van der Waals surface area contributed by atoms with Crippen molar-refractivity contribution in [1.82, 2.24) is 23.9 Å². The van der Waals surface area contributed by atoms with Crippen molar-refractivity contribution in [3.05, 3.63) is 42.5 Å². The third kappa shape index (κ3) is 4.17. The van der Waals surface area contributed by atoms with E-state index in [1.165, 1.54) is 11.5 Å². The molecule has 0 bridgehead atoms. The summed E-state index contributed by atoms with van der Waals surface area (Å²) in [6, 6.07) is 5.82. The Morgan fingerprint density at radius 2 is 2.06 bits per heavy atom. The molecule has 10 heteroatoms. The van der Waals surface area contributed by atoms with E-state index in [9.17, 15) is 0 Å². The van der Waals surface area contributed by atoms with E-state index in [1.54, 1.807) is 19.5 Å². The van der Waals surface area contributed by atoms with Crippen molar-refractivity contribution in [3.8, 4) is 17.3 Å². The van der Waals surface area contributed by atoms with Gasteiger partial charge in [0.2, 0.25) is 11.8 Å². The molecule has 0 unspecified atom stereocenters. The Kier molecular flexibility index (Phi) is 5.39. The van der Waals surface area contributed by atoms with Gasteiger partial charge in [-0.1, -0.05) is 0 Å². The van der Waals surface area contributed by atoms with E-state index in [0.29, 0.717) is 30.8 Å². The summed E-state index contributed by atoms with van der Waals surface area (Å²) in [6.07, 6.45) is 7.06. The summed E-state index contributed by atoms with van der Waals surface area (Å²) in [7, 11) is 1.62. The summed E-state index contributed by atoms with van der Waals surface area (Å²) in [5.74, 6) is 1.67. The third-order valence-electron chi connectivity index (χ3n) is 5.02. The van der Waals surface area contributed by atoms with Crippen LogP contribution in [0.5, 0.6) is 11.6 Å². The van der Waals surface area contributed by atoms with Crippen LogP contribution in [0.1, 0.15) is 18.5 Å². The van der Waals surface area contributed by atoms with Gasteiger partial charge in [0.1, 0.15) is 22.4 Å². The van der Waals surface area contributed by atoms with Crippen molar-refractivity contribution < 1.29 is 14.2 Å². The summed E-state index contributed by atoms with van der Waals surface area (Å²) in [6.45, 7) is 3.32. The summed E-state index contributed by atoms with van der Waals surface area (Å²) in [5.41, 5.74) is 3.34. The molecule has 5 rings (SSSR count). The maximum atomic E-state index is 6.37. The molecule has 0 aromatic carbocycles. The second-order valence-electron chi connectivity index (χ2n) is 7.24. The highest BCUT2D eigenvalue weighted by atomic mass is 32.1. The monoisotopic (exact) mass is 438 g/mol. The van der Waals surface area contributed by atoms with E-state index in [1.807, 2.05) is 35.9 Å². The second kappa shape index (κ2) is 8.48. The van der Waals surface area contributed by atoms with Gasteiger partial charge < -0.3 is 24.1 Å². The number of fused-ring (bicyclic) bond motifs is 1. The number of pyridine rings is 1. The summed E-state index contributed by atoms with van der Waals surface area (Å²) in [5, 5.41) is 4.13. The van der Waals surface area contributed by atoms with E-state index in [0.717, 1.165) is 40.3 Å². The van der Waals surface area contributed by atoms with Crippen LogP contribution < -0.4 is 14.8 Å². The number of hydrogen-bond acceptors (Lipinski definition) is 9. The minimum atomic E-state index is 0.0390. The minimum Gasteiger partial charge on any atom is -0.495 e. The number of anilines is 2. The first-order valence-corrected chi connectivity index (χ1v) is 10.8. The summed E-state index contributed by atoms with van der Waals surface area (Å²) < 4.78 is 23.5. The lowest BCUT2D eigenvalue weighted by Crippen LogP contribution is -2.26. The molecule has 160 valence electrons. The van der Waals surface area contributed by atoms with Crippen molar-refractivity contribution >= 4 is 33.5 Å². The molecule has 0 amide bonds. The fourth-order valence-corrected chi connectivity index (χ4v) is 4.16. The fraction of sp³-hybridized carbons (Fsp3) is 0.333. The van der Waals surface area contributed by atoms with Crippen LogP contribution in [-0.4, -0.2) is 50.3 Å². The number of nitrogens with zero attached hydrogens (tertiary/aromatic N) is 5. The largest absolute Gasteiger partial charge is 0.495 e. The van der Waals surface area contributed by atoms with Crippen LogP contribution in [0.4, 0.5) is 10.9 Å². The molecule has 1 aliphatic rings. The van der Waals surface area contributed by atoms with Crippen LogP contribution in [0.3, 0.4) is 0 Å². The Labute approximate surface area is 183 Å². The molecule has 31 heavy (non-hydrogen) atoms. The maximum absolute atomic E-state index is 6.37. The molecule has 5 heterocycles. The van der Waals surface area contributed by atoms with Crippen LogP contribution in [-0.2, 0) is 4.74 Å². The van der Waals surface area contributed by atoms with E-state index >= 15 is 0 Å². The van der Waals surface area contributed by atoms with Crippen LogP contribution >= 0.6 is 11.5 Å². The Bertz CT molecular complexity index is 1200. The van der Waals surface area contributed by atoms with E-state index < -0.39 is 0 Å². The van der Waals surface area contributed by atoms with Gasteiger partial charge in [-0.3, -0.25) is 4.98 Å². The quantitative estimate of drug-likeness (QED) is 0.484. The van der Waals surface area contributed by atoms with E-state index in [4.69, 9.17) is 24.2 Å². The maximum Gasteiger partial charge on any atom is 0.244 e. The second-order valence-corrected chi connectivity index (χ2v) is 8.05. The Hall–Kier alpha value is -3.24. The van der Waals surface area contributed by atoms with Gasteiger partial charge in [-0.2, -0.15) is 9.36 Å². The average molecular weight is 439 g/mol. The molecule has 4 aromatic heterocycles. The van der Waals surface area contributed by atoms with Gasteiger partial charge in [-0.05, 0) is 30.6 Å². The van der Waals surface area contributed by atoms with Crippen molar-refractivity contribution in [2.75, 3.05) is 25.6 Å². The van der Waals surface area contributed by atoms with Crippen LogP contribution in [0, 0.1) is 6.92 Å². The molecular formula is C21H22N6O3S. The summed E-state index contributed by atoms with van der Waals surface area (Å²) >= 11 is 1.37. The van der Waals surface area contributed by atoms with Crippen molar-refractivity contribution in [2.24, 2.45) is 0 Å². The summed E-state index contributed by atoms with van der Waals surface area (Å²) in [4.78, 5) is 13.7. The first kappa shape index (κ1) is 19.7. The zero-order chi connectivity index (χ0) is 21.2. The van der Waals surface area contributed by atoms with Crippen molar-refractivity contribution in [3.63, 3.8) is 0 Å². The Balaban J connectivity index is 1.58. The van der Waals surface area contributed by atoms with Crippen LogP contribution in [0.25, 0.3) is 16.7 Å². The molecule has 0 saturated carbocycles. The van der Waals surface area contributed by atoms with Gasteiger partial charge in [-0.15, -0.1) is 0 Å². The number of nitrogens with one attached hydrogen (secondary N) is 1. The number of aryl methyl sites for hydroxylation is 1. The minimum absolute atomic E-state index is 0.0390. The standard InChI is InChI=1S/C21H22N6O3S/c1-13-9-18(31-26-13)24-21-23-17-3-6-27(14-10-16(28-2)12-22-11-14)19(17)20(25-21)30-15-4-7-29-8-5-15/h3,6,9-12,15H,4-5,7-8H2,1-2H3,(H,23,24,25). The normalized spacial score (nSPS) is 14.6. The van der Waals surface area contributed by atoms with Gasteiger partial charge in [0.25, 0.3) is 0 Å². The Morgan fingerprint density at radius 3 is 2.84 bits per heavy atom. The van der Waals surface area contributed by atoms with Crippen LogP contribution in [0.2, 0.25) is 0 Å². The third-order valence-corrected chi connectivity index (χ3v) is 5.82.